The van der Waals surface area contributed by atoms with Crippen molar-refractivity contribution >= 4 is 64.1 Å². The molecule has 0 saturated carbocycles. The highest BCUT2D eigenvalue weighted by Gasteiger charge is 2.58. The molecule has 6 fully saturated rings. The molecule has 0 bridgehead atoms. The maximum atomic E-state index is 14.6. The zero-order chi connectivity index (χ0) is 92.7. The van der Waals surface area contributed by atoms with Gasteiger partial charge in [0.1, 0.15) is 53.0 Å². The van der Waals surface area contributed by atoms with Crippen molar-refractivity contribution in [3.63, 3.8) is 0 Å². The summed E-state index contributed by atoms with van der Waals surface area (Å²) >= 11 is 1.96. The topological polar surface area (TPSA) is 402 Å². The highest BCUT2D eigenvalue weighted by molar-refractivity contribution is 14.1. The summed E-state index contributed by atoms with van der Waals surface area (Å²) in [5.41, 5.74) is -8.59. The molecule has 121 heavy (non-hydrogen) atoms. The number of cyclic esters (lactones) is 2. The van der Waals surface area contributed by atoms with Crippen LogP contribution in [0.2, 0.25) is 0 Å². The molecule has 1 aromatic rings. The van der Waals surface area contributed by atoms with Crippen molar-refractivity contribution in [2.24, 2.45) is 47.3 Å². The molecule has 36 atom stereocenters. The second kappa shape index (κ2) is 45.7. The van der Waals surface area contributed by atoms with Gasteiger partial charge in [-0.1, -0.05) is 78.0 Å². The number of aliphatic hydroxyl groups excluding tert-OH is 3. The lowest BCUT2D eigenvalue weighted by molar-refractivity contribution is -0.320. The molecule has 1 aromatic heterocycles. The number of aliphatic hydroxyl groups is 5. The lowest BCUT2D eigenvalue weighted by Crippen LogP contribution is -2.61. The normalized spacial score (nSPS) is 43.8. The number of methoxy groups -OCH3 is 4. The molecule has 7 rings (SSSR count). The zero-order valence-electron chi connectivity index (χ0n) is 78.5. The molecule has 0 amide bonds. The summed E-state index contributed by atoms with van der Waals surface area (Å²) in [6, 6.07) is -0.579. The van der Waals surface area contributed by atoms with E-state index in [0.717, 1.165) is 0 Å². The summed E-state index contributed by atoms with van der Waals surface area (Å²) in [5.74, 6) is -9.21. The fraction of sp³-hybridized carbons (Fsp3) is 0.885. The zero-order valence-corrected chi connectivity index (χ0v) is 79.7. The van der Waals surface area contributed by atoms with Crippen LogP contribution in [0, 0.1) is 47.3 Å². The molecule has 700 valence electrons. The summed E-state index contributed by atoms with van der Waals surface area (Å²) in [5, 5.41) is 57.5. The van der Waals surface area contributed by atoms with Crippen LogP contribution in [0.1, 0.15) is 218 Å². The Morgan fingerprint density at radius 3 is 1.21 bits per heavy atom. The van der Waals surface area contributed by atoms with E-state index in [1.165, 1.54) is 79.4 Å². The number of halogens is 1. The standard InChI is InChI=1S/C45H75N3O15.C41H73NO14.CH3I/c1-16-33-45(11,54)37(51)24(2)19-32(50)25(3)21-43(9,55-14)38(62-41-36(59-30(8)49)31(47(12)13)20-26(4)57-41)27(5)35(28(6)40(52)60-33)61-34-22-44(10,56-15)39(29(7)58-34)63-42(53)48-18-17-46-23-48;1-16-30-41(11,48)34(45)21(2)17-29(44)22(3)19-40(10,50-15)36(56-38-33(53-27(8)43)28(42(12)13)18-23(4)51-38)24(5)32(25(6)37(47)54-30)55-31-20-39(9,49-14)35(46)26(7)52-31;1-2/h17-18,23-29,31,33-39,41,51,54H,16,19-22H2,1-15H3;21-26,28,30-36,38,45-46,48H,16-20H2,1-15H3;1H3/t24-,25+,26+,27-,28+,29-,31-,33+,34-,35-,36+,37+,38+,39-,41-,43+,44+,45+;21-,22+,23+,24-,25+,26-,28-,30+,31-,32-,33+,34+,35-,36+,38-,39+,40+,41+;/m00./s1/i;;1D. The van der Waals surface area contributed by atoms with Crippen molar-refractivity contribution in [1.82, 2.24) is 19.4 Å². The predicted octanol–water partition coefficient (Wildman–Crippen LogP) is 8.74. The van der Waals surface area contributed by atoms with Crippen molar-refractivity contribution < 1.29 is 141 Å². The minimum atomic E-state index is -1.93. The van der Waals surface area contributed by atoms with Crippen LogP contribution in [-0.2, 0) is 109 Å². The van der Waals surface area contributed by atoms with Gasteiger partial charge in [-0.2, -0.15) is 0 Å². The number of nitrogens with zero attached hydrogens (tertiary/aromatic N) is 4. The number of hydrogen-bond acceptors (Lipinski definition) is 32. The highest BCUT2D eigenvalue weighted by atomic mass is 127. The van der Waals surface area contributed by atoms with Crippen LogP contribution in [0.3, 0.4) is 0 Å². The van der Waals surface area contributed by atoms with E-state index in [1.54, 1.807) is 83.1 Å². The average Bonchev–Trinajstić information content (AvgIpc) is 1.22. The lowest BCUT2D eigenvalue weighted by Gasteiger charge is -2.50. The van der Waals surface area contributed by atoms with Gasteiger partial charge in [0, 0.05) is 105 Å². The van der Waals surface area contributed by atoms with Crippen molar-refractivity contribution in [2.75, 3.05) is 61.5 Å². The van der Waals surface area contributed by atoms with E-state index in [1.807, 2.05) is 102 Å². The summed E-state index contributed by atoms with van der Waals surface area (Å²) < 4.78 is 115. The summed E-state index contributed by atoms with van der Waals surface area (Å²) in [4.78, 5) is 103. The van der Waals surface area contributed by atoms with Crippen LogP contribution in [0.15, 0.2) is 18.7 Å². The minimum Gasteiger partial charge on any atom is -0.459 e. The Hall–Kier alpha value is -4.13. The van der Waals surface area contributed by atoms with E-state index in [2.05, 4.69) is 4.98 Å². The van der Waals surface area contributed by atoms with Crippen LogP contribution in [0.5, 0.6) is 0 Å². The monoisotopic (exact) mass is 1840 g/mol. The smallest absolute Gasteiger partial charge is 0.419 e. The first kappa shape index (κ1) is 106. The van der Waals surface area contributed by atoms with Crippen LogP contribution in [0.25, 0.3) is 0 Å². The van der Waals surface area contributed by atoms with Gasteiger partial charge in [0.25, 0.3) is 0 Å². The van der Waals surface area contributed by atoms with Crippen molar-refractivity contribution in [2.45, 2.75) is 385 Å². The first-order chi connectivity index (χ1) is 56.6. The number of likely N-dealkylation sites (N-methyl/N-ethyl adjacent to an activating group) is 2. The molecule has 6 aliphatic rings. The third-order valence-corrected chi connectivity index (χ3v) is 26.4. The number of Topliss-reactive ketones (excluding diaryl/α,β-unsaturated/α-hetero) is 2. The summed E-state index contributed by atoms with van der Waals surface area (Å²) in [6.45, 7) is 37.2. The van der Waals surface area contributed by atoms with Gasteiger partial charge >= 0.3 is 30.0 Å². The van der Waals surface area contributed by atoms with E-state index < -0.39 is 222 Å². The molecule has 0 aliphatic carbocycles. The SMILES string of the molecule is CC[C@H]1OC(=O)[C@H](C)[C@@H](O[C@H]2C[C@@](C)(OC)[C@@H](O)[C@H](C)O2)[C@H](C)[C@@H](O[C@@H]2O[C@H](C)C[C@H](N(C)C)[C@H]2OC(C)=O)[C@](C)(OC)C[C@@H](C)C(=O)C[C@H](C)[C@@H](O)[C@]1(C)O.CC[C@H]1OC(=O)[C@H](C)[C@@H](O[C@H]2C[C@@](C)(OC)[C@@H](OC(=O)n3ccnc3)[C@H](C)O2)[C@H](C)[C@@H](O[C@@H]2O[C@H](C)C[C@H](N(C)C)[C@H]2OC(C)=O)[C@](C)(OC)C[C@@H](C)C(=O)C[C@H](C)[C@@H](O)[C@]1(C)O.[2H]CI. The average molecular weight is 1850 g/mol. The van der Waals surface area contributed by atoms with Gasteiger partial charge in [-0.05, 0) is 167 Å². The fourth-order valence-electron chi connectivity index (χ4n) is 18.7. The molecule has 0 unspecified atom stereocenters. The number of ether oxygens (including phenoxy) is 17. The van der Waals surface area contributed by atoms with Gasteiger partial charge in [0.05, 0.1) is 102 Å². The number of imidazole rings is 1. The van der Waals surface area contributed by atoms with Crippen LogP contribution in [-0.4, -0.2) is 316 Å². The number of alkyl halides is 1. The van der Waals surface area contributed by atoms with Crippen LogP contribution in [0.4, 0.5) is 4.79 Å². The Bertz CT molecular complexity index is 3460. The number of carbonyl (C=O) groups excluding carboxylic acids is 7. The molecule has 34 heteroatoms. The van der Waals surface area contributed by atoms with E-state index in [-0.39, 0.29) is 87.2 Å². The van der Waals surface area contributed by atoms with Gasteiger partial charge in [0.15, 0.2) is 43.5 Å². The number of carbonyl (C=O) groups is 7. The van der Waals surface area contributed by atoms with Gasteiger partial charge in [-0.3, -0.25) is 28.8 Å². The third-order valence-electron chi connectivity index (χ3n) is 26.4. The molecule has 0 aromatic carbocycles. The Kier molecular flexibility index (Phi) is 39.9. The number of esters is 4. The van der Waals surface area contributed by atoms with Gasteiger partial charge < -0.3 is 116 Å². The number of rotatable bonds is 19. The maximum Gasteiger partial charge on any atom is 0.419 e. The molecule has 0 spiro atoms. The molecule has 7 heterocycles. The second-order valence-corrected chi connectivity index (χ2v) is 36.7. The molecule has 5 N–H and O–H groups in total. The molecule has 0 radical (unpaired) electrons. The van der Waals surface area contributed by atoms with Crippen molar-refractivity contribution in [1.29, 1.82) is 0 Å². The van der Waals surface area contributed by atoms with E-state index in [0.29, 0.717) is 17.7 Å². The maximum absolute atomic E-state index is 14.6. The molecular formula is C87H151IN4O29. The molecule has 33 nitrogen and oxygen atoms in total. The van der Waals surface area contributed by atoms with Crippen molar-refractivity contribution in [3.05, 3.63) is 18.7 Å². The molecule has 6 aliphatic heterocycles. The largest absolute Gasteiger partial charge is 0.459 e. The second-order valence-electron chi connectivity index (χ2n) is 36.7. The van der Waals surface area contributed by atoms with Gasteiger partial charge in [-0.15, -0.1) is 0 Å². The predicted molar refractivity (Wildman–Crippen MR) is 452 cm³/mol. The van der Waals surface area contributed by atoms with Crippen molar-refractivity contribution in [3.8, 4) is 0 Å². The Balaban J connectivity index is 0.000000423. The fourth-order valence-corrected chi connectivity index (χ4v) is 18.7. The summed E-state index contributed by atoms with van der Waals surface area (Å²) in [7, 11) is 13.6. The first-order valence-electron chi connectivity index (χ1n) is 43.4. The van der Waals surface area contributed by atoms with Gasteiger partial charge in [0.2, 0.25) is 0 Å². The Labute approximate surface area is 733 Å². The number of aromatic nitrogens is 2. The van der Waals surface area contributed by atoms with Crippen LogP contribution >= 0.6 is 22.6 Å². The minimum absolute atomic E-state index is 0.0397. The van der Waals surface area contributed by atoms with E-state index in [4.69, 9.17) is 81.9 Å². The first-order valence-corrected chi connectivity index (χ1v) is 44.3. The number of hydrogen-bond donors (Lipinski definition) is 5. The molecular weight excluding hydrogens is 1690 g/mol. The third kappa shape index (κ3) is 26.3. The Morgan fingerprint density at radius 2 is 0.884 bits per heavy atom. The van der Waals surface area contributed by atoms with Gasteiger partial charge in [-0.25, -0.2) is 14.3 Å². The number of ketones is 2. The Morgan fingerprint density at radius 1 is 0.529 bits per heavy atom. The summed E-state index contributed by atoms with van der Waals surface area (Å²) in [6.07, 6.45) is -14.1. The van der Waals surface area contributed by atoms with E-state index in [9.17, 15) is 59.1 Å². The van der Waals surface area contributed by atoms with Crippen LogP contribution < -0.4 is 0 Å². The highest BCUT2D eigenvalue weighted by Crippen LogP contribution is 2.46. The molecule has 6 saturated heterocycles. The lowest BCUT2D eigenvalue weighted by atomic mass is 9.76. The quantitative estimate of drug-likeness (QED) is 0.0374. The van der Waals surface area contributed by atoms with E-state index >= 15 is 0 Å².